The number of allylic oxidation sites excluding steroid dienone is 6. The lowest BCUT2D eigenvalue weighted by atomic mass is 10.0. The molecule has 2 heteroatoms. The number of hydrogen-bond acceptors (Lipinski definition) is 0. The van der Waals surface area contributed by atoms with Crippen LogP contribution in [0, 0.1) is 0 Å². The zero-order valence-electron chi connectivity index (χ0n) is 8.95. The maximum Gasteiger partial charge on any atom is 0.0470 e. The number of halogens is 2. The molecule has 0 aliphatic carbocycles. The Morgan fingerprint density at radius 3 is 2.07 bits per heavy atom. The van der Waals surface area contributed by atoms with E-state index in [9.17, 15) is 0 Å². The highest BCUT2D eigenvalue weighted by molar-refractivity contribution is 6.32. The molecule has 0 aromatic carbocycles. The minimum atomic E-state index is 0.446. The van der Waals surface area contributed by atoms with Gasteiger partial charge in [0.05, 0.1) is 0 Å². The molecule has 0 nitrogen and oxygen atoms in total. The summed E-state index contributed by atoms with van der Waals surface area (Å²) in [5.41, 5.74) is 3.94. The molecule has 0 saturated heterocycles. The van der Waals surface area contributed by atoms with Crippen LogP contribution in [0.25, 0.3) is 0 Å². The van der Waals surface area contributed by atoms with Gasteiger partial charge in [-0.2, -0.15) is 0 Å². The highest BCUT2D eigenvalue weighted by Crippen LogP contribution is 2.20. The quantitative estimate of drug-likeness (QED) is 0.480. The first kappa shape index (κ1) is 13.5. The summed E-state index contributed by atoms with van der Waals surface area (Å²) in [6, 6.07) is 0. The van der Waals surface area contributed by atoms with Crippen molar-refractivity contribution in [2.45, 2.75) is 20.8 Å². The summed E-state index contributed by atoms with van der Waals surface area (Å²) in [5, 5.41) is 0.671. The van der Waals surface area contributed by atoms with Crippen molar-refractivity contribution in [2.24, 2.45) is 0 Å². The summed E-state index contributed by atoms with van der Waals surface area (Å²) in [4.78, 5) is 0. The Morgan fingerprint density at radius 1 is 1.21 bits per heavy atom. The predicted molar refractivity (Wildman–Crippen MR) is 67.0 cm³/mol. The maximum atomic E-state index is 5.97. The van der Waals surface area contributed by atoms with Crippen LogP contribution < -0.4 is 0 Å². The number of rotatable bonds is 4. The van der Waals surface area contributed by atoms with E-state index in [4.69, 9.17) is 23.2 Å². The molecule has 0 bridgehead atoms. The Labute approximate surface area is 96.6 Å². The molecule has 0 radical (unpaired) electrons. The summed E-state index contributed by atoms with van der Waals surface area (Å²) in [5.74, 6) is 0.446. The largest absolute Gasteiger partial charge is 0.122 e. The fraction of sp³-hybridized carbons (Fsp3) is 0.333. The lowest BCUT2D eigenvalue weighted by Crippen LogP contribution is -1.89. The Balaban J connectivity index is 4.94. The fourth-order valence-electron chi connectivity index (χ4n) is 0.801. The Hall–Kier alpha value is -0.460. The summed E-state index contributed by atoms with van der Waals surface area (Å²) >= 11 is 11.7. The van der Waals surface area contributed by atoms with Crippen LogP contribution >= 0.6 is 23.2 Å². The molecule has 0 fully saturated rings. The number of hydrogen-bond donors (Lipinski definition) is 0. The van der Waals surface area contributed by atoms with Crippen molar-refractivity contribution in [1.29, 1.82) is 0 Å². The second kappa shape index (κ2) is 6.10. The van der Waals surface area contributed by atoms with Crippen LogP contribution in [-0.4, -0.2) is 5.88 Å². The third-order valence-corrected chi connectivity index (χ3v) is 2.79. The van der Waals surface area contributed by atoms with Crippen molar-refractivity contribution >= 4 is 23.2 Å². The lowest BCUT2D eigenvalue weighted by Gasteiger charge is -2.05. The summed E-state index contributed by atoms with van der Waals surface area (Å²) in [7, 11) is 0. The average Bonchev–Trinajstić information content (AvgIpc) is 2.14. The second-order valence-corrected chi connectivity index (χ2v) is 3.99. The third kappa shape index (κ3) is 4.17. The van der Waals surface area contributed by atoms with Gasteiger partial charge in [0.25, 0.3) is 0 Å². The van der Waals surface area contributed by atoms with E-state index in [-0.39, 0.29) is 0 Å². The van der Waals surface area contributed by atoms with Crippen molar-refractivity contribution in [3.63, 3.8) is 0 Å². The van der Waals surface area contributed by atoms with Crippen LogP contribution in [0.2, 0.25) is 0 Å². The summed E-state index contributed by atoms with van der Waals surface area (Å²) < 4.78 is 0. The van der Waals surface area contributed by atoms with Crippen molar-refractivity contribution in [2.75, 3.05) is 5.88 Å². The molecule has 0 spiro atoms. The highest BCUT2D eigenvalue weighted by Gasteiger charge is 2.00. The van der Waals surface area contributed by atoms with E-state index in [2.05, 4.69) is 13.2 Å². The molecule has 0 atom stereocenters. The van der Waals surface area contributed by atoms with Gasteiger partial charge < -0.3 is 0 Å². The third-order valence-electron chi connectivity index (χ3n) is 2.03. The minimum absolute atomic E-state index is 0.446. The molecule has 0 aliphatic heterocycles. The van der Waals surface area contributed by atoms with Crippen molar-refractivity contribution in [3.8, 4) is 0 Å². The van der Waals surface area contributed by atoms with Crippen LogP contribution in [0.1, 0.15) is 20.8 Å². The van der Waals surface area contributed by atoms with Crippen LogP contribution in [0.4, 0.5) is 0 Å². The van der Waals surface area contributed by atoms with Crippen LogP contribution in [-0.2, 0) is 0 Å². The molecular weight excluding hydrogens is 215 g/mol. The first-order chi connectivity index (χ1) is 6.40. The molecule has 0 rings (SSSR count). The maximum absolute atomic E-state index is 5.97. The zero-order chi connectivity index (χ0) is 11.3. The van der Waals surface area contributed by atoms with E-state index >= 15 is 0 Å². The Morgan fingerprint density at radius 2 is 1.71 bits per heavy atom. The standard InChI is InChI=1S/C12H16Cl2/c1-8(2)12(14)6-9(3)11(5)10(4)7-13/h6H,1,4,7H2,2-3,5H3/b11-9+,12-6+. The first-order valence-corrected chi connectivity index (χ1v) is 5.26. The van der Waals surface area contributed by atoms with E-state index in [1.807, 2.05) is 26.8 Å². The Bertz CT molecular complexity index is 306. The van der Waals surface area contributed by atoms with Crippen molar-refractivity contribution in [1.82, 2.24) is 0 Å². The van der Waals surface area contributed by atoms with Crippen molar-refractivity contribution in [3.05, 3.63) is 46.6 Å². The van der Waals surface area contributed by atoms with Crippen LogP contribution in [0.3, 0.4) is 0 Å². The van der Waals surface area contributed by atoms with Gasteiger partial charge in [0.15, 0.2) is 0 Å². The van der Waals surface area contributed by atoms with Gasteiger partial charge in [0.1, 0.15) is 0 Å². The second-order valence-electron chi connectivity index (χ2n) is 3.32. The van der Waals surface area contributed by atoms with Crippen molar-refractivity contribution < 1.29 is 0 Å². The smallest absolute Gasteiger partial charge is 0.0470 e. The molecule has 0 aromatic rings. The van der Waals surface area contributed by atoms with Gasteiger partial charge in [-0.25, -0.2) is 0 Å². The Kier molecular flexibility index (Phi) is 5.90. The van der Waals surface area contributed by atoms with Gasteiger partial charge in [0, 0.05) is 10.9 Å². The van der Waals surface area contributed by atoms with Gasteiger partial charge in [-0.15, -0.1) is 11.6 Å². The van der Waals surface area contributed by atoms with Gasteiger partial charge in [-0.3, -0.25) is 0 Å². The predicted octanol–water partition coefficient (Wildman–Crippen LogP) is 4.82. The first-order valence-electron chi connectivity index (χ1n) is 4.34. The van der Waals surface area contributed by atoms with Crippen LogP contribution in [0.5, 0.6) is 0 Å². The molecule has 0 N–H and O–H groups in total. The zero-order valence-corrected chi connectivity index (χ0v) is 10.5. The molecule has 14 heavy (non-hydrogen) atoms. The SMILES string of the molecule is C=C(C)/C(Cl)=C\C(C)=C(/C)C(=C)CCl. The van der Waals surface area contributed by atoms with E-state index in [1.54, 1.807) is 0 Å². The summed E-state index contributed by atoms with van der Waals surface area (Å²) in [6.07, 6.45) is 1.89. The molecular formula is C12H16Cl2. The molecule has 78 valence electrons. The monoisotopic (exact) mass is 230 g/mol. The normalized spacial score (nSPS) is 13.6. The van der Waals surface area contributed by atoms with Gasteiger partial charge in [-0.1, -0.05) is 24.8 Å². The van der Waals surface area contributed by atoms with Crippen LogP contribution in [0.15, 0.2) is 46.6 Å². The van der Waals surface area contributed by atoms with E-state index in [0.717, 1.165) is 22.3 Å². The molecule has 0 saturated carbocycles. The molecule has 0 heterocycles. The van der Waals surface area contributed by atoms with Gasteiger partial charge in [-0.05, 0) is 49.1 Å². The average molecular weight is 231 g/mol. The van der Waals surface area contributed by atoms with Gasteiger partial charge >= 0.3 is 0 Å². The lowest BCUT2D eigenvalue weighted by molar-refractivity contribution is 1.28. The van der Waals surface area contributed by atoms with E-state index in [1.165, 1.54) is 0 Å². The van der Waals surface area contributed by atoms with Gasteiger partial charge in [0.2, 0.25) is 0 Å². The minimum Gasteiger partial charge on any atom is -0.122 e. The number of alkyl halides is 1. The topological polar surface area (TPSA) is 0 Å². The molecule has 0 amide bonds. The fourth-order valence-corrected chi connectivity index (χ4v) is 1.16. The van der Waals surface area contributed by atoms with E-state index in [0.29, 0.717) is 10.9 Å². The summed E-state index contributed by atoms with van der Waals surface area (Å²) in [6.45, 7) is 13.5. The molecule has 0 unspecified atom stereocenters. The molecule has 0 aliphatic rings. The molecule has 0 aromatic heterocycles. The highest BCUT2D eigenvalue weighted by atomic mass is 35.5. The van der Waals surface area contributed by atoms with E-state index < -0.39 is 0 Å².